The summed E-state index contributed by atoms with van der Waals surface area (Å²) in [4.78, 5) is 145. The number of guanidine groups is 1. The quantitative estimate of drug-likeness (QED) is 0.0173. The van der Waals surface area contributed by atoms with Crippen molar-refractivity contribution >= 4 is 65.1 Å². The van der Waals surface area contributed by atoms with Crippen LogP contribution in [0.2, 0.25) is 0 Å². The number of carboxylic acid groups (broad SMARTS) is 1. The number of carboxylic acids is 1. The van der Waals surface area contributed by atoms with E-state index in [1.54, 1.807) is 27.7 Å². The molecule has 1 aliphatic carbocycles. The molecule has 446 valence electrons. The first-order valence-electron chi connectivity index (χ1n) is 27.0. The number of aliphatic carboxylic acids is 1. The molecule has 1 aliphatic rings. The molecule has 2 rings (SSSR count). The molecule has 1 aromatic rings. The van der Waals surface area contributed by atoms with Crippen molar-refractivity contribution in [3.63, 3.8) is 0 Å². The average molecular weight is 1120 g/mol. The van der Waals surface area contributed by atoms with E-state index in [-0.39, 0.29) is 57.1 Å². The van der Waals surface area contributed by atoms with Crippen molar-refractivity contribution in [3.05, 3.63) is 18.2 Å². The van der Waals surface area contributed by atoms with E-state index in [4.69, 9.17) is 22.9 Å². The van der Waals surface area contributed by atoms with Crippen LogP contribution in [0.15, 0.2) is 17.5 Å². The number of nitrogens with two attached hydrogens (primary N) is 4. The fraction of sp³-hybridized carbons (Fsp3) is 0.720. The van der Waals surface area contributed by atoms with Gasteiger partial charge in [0.1, 0.15) is 48.3 Å². The molecule has 0 spiro atoms. The van der Waals surface area contributed by atoms with Crippen molar-refractivity contribution < 1.29 is 63.3 Å². The number of carbonyl (C=O) groups is 10. The molecule has 29 nitrogen and oxygen atoms in total. The second-order valence-electron chi connectivity index (χ2n) is 20.6. The number of aromatic amines is 1. The molecule has 0 bridgehead atoms. The first-order chi connectivity index (χ1) is 37.2. The van der Waals surface area contributed by atoms with E-state index in [9.17, 15) is 63.3 Å². The fourth-order valence-corrected chi connectivity index (χ4v) is 8.55. The monoisotopic (exact) mass is 1120 g/mol. The maximum Gasteiger partial charge on any atom is 0.326 e. The van der Waals surface area contributed by atoms with Crippen molar-refractivity contribution in [1.82, 2.24) is 57.8 Å². The van der Waals surface area contributed by atoms with Crippen molar-refractivity contribution in [2.24, 2.45) is 45.7 Å². The van der Waals surface area contributed by atoms with Crippen LogP contribution in [0.1, 0.15) is 125 Å². The summed E-state index contributed by atoms with van der Waals surface area (Å²) in [5, 5.41) is 53.6. The Kier molecular flexibility index (Phi) is 30.0. The SMILES string of the molecule is CCC(C)[C@H](NC(=O)[C@H](CCCN)NC(=O)CNC(=O)[C@@H](NC(=O)[C@@H](NC(=O)[C@H](Cc1cnc[nH]1)NC(=O)[C@H](CC1CCCCC1)NC(=O)[C@H](C)NC(=O)[C@@H](N)CCCN=C(N)N)[C@@H](C)O)[C@@H](C)O)C(=O)N[C@@H](C(=O)O)C(C)C. The van der Waals surface area contributed by atoms with Gasteiger partial charge in [-0.25, -0.2) is 9.78 Å². The van der Waals surface area contributed by atoms with Crippen molar-refractivity contribution in [2.45, 2.75) is 192 Å². The van der Waals surface area contributed by atoms with E-state index in [1.165, 1.54) is 19.4 Å². The van der Waals surface area contributed by atoms with Gasteiger partial charge < -0.3 is 91.1 Å². The second kappa shape index (κ2) is 34.8. The molecule has 1 saturated carbocycles. The normalized spacial score (nSPS) is 17.2. The predicted molar refractivity (Wildman–Crippen MR) is 289 cm³/mol. The Hall–Kier alpha value is -6.98. The third kappa shape index (κ3) is 24.3. The Morgan fingerprint density at radius 1 is 0.671 bits per heavy atom. The van der Waals surface area contributed by atoms with Crippen LogP contribution in [0.3, 0.4) is 0 Å². The molecule has 0 aliphatic heterocycles. The molecule has 0 radical (unpaired) electrons. The maximum atomic E-state index is 14.3. The van der Waals surface area contributed by atoms with Crippen LogP contribution in [0.25, 0.3) is 0 Å². The van der Waals surface area contributed by atoms with Crippen molar-refractivity contribution in [2.75, 3.05) is 19.6 Å². The largest absolute Gasteiger partial charge is 0.480 e. The van der Waals surface area contributed by atoms with E-state index >= 15 is 0 Å². The van der Waals surface area contributed by atoms with Gasteiger partial charge in [0.15, 0.2) is 5.96 Å². The number of nitrogens with one attached hydrogen (secondary N) is 10. The lowest BCUT2D eigenvalue weighted by atomic mass is 9.84. The van der Waals surface area contributed by atoms with Gasteiger partial charge >= 0.3 is 5.97 Å². The van der Waals surface area contributed by atoms with Gasteiger partial charge in [-0.15, -0.1) is 0 Å². The Morgan fingerprint density at radius 2 is 1.23 bits per heavy atom. The second-order valence-corrected chi connectivity index (χ2v) is 20.6. The topological polar surface area (TPSA) is 485 Å². The van der Waals surface area contributed by atoms with E-state index in [2.05, 4.69) is 62.8 Å². The molecule has 12 atom stereocenters. The Balaban J connectivity index is 2.26. The van der Waals surface area contributed by atoms with Crippen molar-refractivity contribution in [1.29, 1.82) is 0 Å². The lowest BCUT2D eigenvalue weighted by molar-refractivity contribution is -0.144. The van der Waals surface area contributed by atoms with Gasteiger partial charge in [0.2, 0.25) is 53.2 Å². The highest BCUT2D eigenvalue weighted by Gasteiger charge is 2.37. The number of amides is 9. The third-order valence-electron chi connectivity index (χ3n) is 13.5. The van der Waals surface area contributed by atoms with Gasteiger partial charge in [-0.3, -0.25) is 48.1 Å². The predicted octanol–water partition coefficient (Wildman–Crippen LogP) is -4.39. The van der Waals surface area contributed by atoms with Crippen LogP contribution in [-0.4, -0.2) is 177 Å². The number of carbonyl (C=O) groups excluding carboxylic acids is 9. The van der Waals surface area contributed by atoms with E-state index in [1.807, 2.05) is 0 Å². The van der Waals surface area contributed by atoms with E-state index < -0.39 is 144 Å². The number of aromatic nitrogens is 2. The van der Waals surface area contributed by atoms with Gasteiger partial charge in [-0.2, -0.15) is 0 Å². The molecule has 9 amide bonds. The summed E-state index contributed by atoms with van der Waals surface area (Å²) < 4.78 is 0. The smallest absolute Gasteiger partial charge is 0.326 e. The summed E-state index contributed by atoms with van der Waals surface area (Å²) in [6, 6.07) is -12.1. The molecule has 79 heavy (non-hydrogen) atoms. The first kappa shape index (κ1) is 68.1. The Morgan fingerprint density at radius 3 is 1.78 bits per heavy atom. The van der Waals surface area contributed by atoms with Crippen LogP contribution in [0, 0.1) is 17.8 Å². The molecule has 1 heterocycles. The van der Waals surface area contributed by atoms with Crippen LogP contribution < -0.4 is 70.8 Å². The molecule has 0 aromatic carbocycles. The van der Waals surface area contributed by atoms with Crippen LogP contribution in [-0.2, 0) is 54.4 Å². The number of imidazole rings is 1. The molecular formula is C50H88N16O13. The number of aliphatic imine (C=N–C) groups is 1. The highest BCUT2D eigenvalue weighted by molar-refractivity contribution is 5.98. The fourth-order valence-electron chi connectivity index (χ4n) is 8.55. The summed E-state index contributed by atoms with van der Waals surface area (Å²) in [6.07, 6.45) is 5.04. The highest BCUT2D eigenvalue weighted by Crippen LogP contribution is 2.27. The third-order valence-corrected chi connectivity index (χ3v) is 13.5. The van der Waals surface area contributed by atoms with Crippen LogP contribution in [0.4, 0.5) is 0 Å². The number of rotatable bonds is 35. The lowest BCUT2D eigenvalue weighted by Crippen LogP contribution is -2.63. The summed E-state index contributed by atoms with van der Waals surface area (Å²) in [6.45, 7) is 9.98. The summed E-state index contributed by atoms with van der Waals surface area (Å²) in [5.74, 6) is -10.1. The molecule has 21 N–H and O–H groups in total. The van der Waals surface area contributed by atoms with Gasteiger partial charge in [0.05, 0.1) is 31.1 Å². The van der Waals surface area contributed by atoms with Gasteiger partial charge in [0.25, 0.3) is 0 Å². The molecule has 1 fully saturated rings. The summed E-state index contributed by atoms with van der Waals surface area (Å²) >= 11 is 0. The number of hydrogen-bond donors (Lipinski definition) is 17. The summed E-state index contributed by atoms with van der Waals surface area (Å²) in [7, 11) is 0. The van der Waals surface area contributed by atoms with Gasteiger partial charge in [0, 0.05) is 24.9 Å². The van der Waals surface area contributed by atoms with Crippen LogP contribution in [0.5, 0.6) is 0 Å². The van der Waals surface area contributed by atoms with Crippen LogP contribution >= 0.6 is 0 Å². The van der Waals surface area contributed by atoms with E-state index in [0.717, 1.165) is 46.0 Å². The van der Waals surface area contributed by atoms with Crippen molar-refractivity contribution in [3.8, 4) is 0 Å². The minimum absolute atomic E-state index is 0.00524. The number of hydrogen-bond acceptors (Lipinski definition) is 16. The minimum atomic E-state index is -1.81. The number of nitrogens with zero attached hydrogens (tertiary/aromatic N) is 2. The minimum Gasteiger partial charge on any atom is -0.480 e. The molecule has 1 aromatic heterocycles. The number of H-pyrrole nitrogens is 1. The lowest BCUT2D eigenvalue weighted by Gasteiger charge is -2.30. The molecule has 1 unspecified atom stereocenters. The molecule has 0 saturated heterocycles. The van der Waals surface area contributed by atoms with E-state index in [0.29, 0.717) is 18.5 Å². The summed E-state index contributed by atoms with van der Waals surface area (Å²) in [5.41, 5.74) is 22.8. The van der Waals surface area contributed by atoms with Gasteiger partial charge in [-0.1, -0.05) is 66.2 Å². The maximum absolute atomic E-state index is 14.3. The van der Waals surface area contributed by atoms with Gasteiger partial charge in [-0.05, 0) is 77.2 Å². The zero-order valence-electron chi connectivity index (χ0n) is 46.5. The standard InChI is InChI=1S/C50H88N16O13/c1-8-26(4)38(47(76)63-37(25(2)3)49(78)79)64-43(72)33(17-12-18-51)60-36(69)23-57-46(75)39(28(6)67)66-48(77)40(29(7)68)65-45(74)35(21-31-22-55-24-58-31)62-44(73)34(20-30-14-10-9-11-15-30)61-41(70)27(5)59-42(71)32(52)16-13-19-56-50(53)54/h22,24-30,32-35,37-40,67-68H,8-21,23,51-52H2,1-7H3,(H,55,58)(H,57,75)(H,59,71)(H,60,69)(H,61,70)(H,62,73)(H,63,76)(H,64,72)(H,65,74)(H,66,77)(H,78,79)(H4,53,54,56)/t26?,27-,28+,29+,32-,33-,34-,35-,37+,38-,39-,40-/m0/s1. The zero-order chi connectivity index (χ0) is 59.5. The molecule has 29 heteroatoms. The average Bonchev–Trinajstić information content (AvgIpc) is 3.91. The Labute approximate surface area is 460 Å². The number of aliphatic hydroxyl groups is 2. The Bertz CT molecular complexity index is 2190. The first-order valence-corrected chi connectivity index (χ1v) is 27.0. The number of aliphatic hydroxyl groups excluding tert-OH is 2. The zero-order valence-corrected chi connectivity index (χ0v) is 46.5. The molecular weight excluding hydrogens is 1030 g/mol. The highest BCUT2D eigenvalue weighted by atomic mass is 16.4.